The number of para-hydroxylation sites is 1. The van der Waals surface area contributed by atoms with Crippen LogP contribution >= 0.6 is 0 Å². The summed E-state index contributed by atoms with van der Waals surface area (Å²) < 4.78 is 69.1. The van der Waals surface area contributed by atoms with Crippen LogP contribution in [0, 0.1) is 0 Å². The van der Waals surface area contributed by atoms with Gasteiger partial charge in [0.2, 0.25) is 15.9 Å². The molecule has 0 aliphatic carbocycles. The van der Waals surface area contributed by atoms with Gasteiger partial charge in [-0.3, -0.25) is 9.10 Å². The fourth-order valence-corrected chi connectivity index (χ4v) is 3.41. The van der Waals surface area contributed by atoms with Gasteiger partial charge in [0.25, 0.3) is 0 Å². The Balaban J connectivity index is 2.17. The van der Waals surface area contributed by atoms with E-state index in [2.05, 4.69) is 5.32 Å². The Morgan fingerprint density at radius 3 is 2.45 bits per heavy atom. The fourth-order valence-electron chi connectivity index (χ4n) is 2.56. The van der Waals surface area contributed by atoms with E-state index in [9.17, 15) is 26.4 Å². The number of sulfonamides is 1. The van der Waals surface area contributed by atoms with Crippen LogP contribution in [0.3, 0.4) is 0 Å². The highest BCUT2D eigenvalue weighted by Crippen LogP contribution is 2.32. The van der Waals surface area contributed by atoms with Gasteiger partial charge in [-0.25, -0.2) is 8.42 Å². The minimum Gasteiger partial charge on any atom is -0.494 e. The number of rotatable bonds is 8. The van der Waals surface area contributed by atoms with Crippen molar-refractivity contribution < 1.29 is 31.1 Å². The topological polar surface area (TPSA) is 75.7 Å². The number of carbonyl (C=O) groups is 1. The maximum atomic E-state index is 12.9. The third-order valence-corrected chi connectivity index (χ3v) is 5.04. The number of anilines is 1. The quantitative estimate of drug-likeness (QED) is 0.698. The van der Waals surface area contributed by atoms with Gasteiger partial charge in [0.15, 0.2) is 0 Å². The predicted molar refractivity (Wildman–Crippen MR) is 103 cm³/mol. The Morgan fingerprint density at radius 1 is 1.14 bits per heavy atom. The van der Waals surface area contributed by atoms with Gasteiger partial charge in [0, 0.05) is 12.1 Å². The Hall–Kier alpha value is -2.75. The van der Waals surface area contributed by atoms with Gasteiger partial charge in [-0.15, -0.1) is 0 Å². The minimum absolute atomic E-state index is 0.0786. The number of alkyl halides is 3. The summed E-state index contributed by atoms with van der Waals surface area (Å²) in [6.07, 6.45) is -3.81. The third kappa shape index (κ3) is 6.38. The van der Waals surface area contributed by atoms with Crippen LogP contribution < -0.4 is 14.4 Å². The highest BCUT2D eigenvalue weighted by molar-refractivity contribution is 7.92. The van der Waals surface area contributed by atoms with Crippen molar-refractivity contribution in [3.63, 3.8) is 0 Å². The first kappa shape index (κ1) is 22.5. The standard InChI is InChI=1S/C19H21F3N2O4S/c1-3-28-17-10-5-4-7-14(17)12-23-18(25)13-24(29(2,26)27)16-9-6-8-15(11-16)19(20,21)22/h4-11H,3,12-13H2,1-2H3,(H,23,25). The fraction of sp³-hybridized carbons (Fsp3) is 0.316. The summed E-state index contributed by atoms with van der Waals surface area (Å²) in [5, 5.41) is 2.57. The molecule has 0 unspecified atom stereocenters. The molecule has 0 radical (unpaired) electrons. The highest BCUT2D eigenvalue weighted by atomic mass is 32.2. The molecule has 0 aromatic heterocycles. The number of hydrogen-bond donors (Lipinski definition) is 1. The Kier molecular flexibility index (Phi) is 7.12. The summed E-state index contributed by atoms with van der Waals surface area (Å²) in [5.74, 6) is -0.0905. The van der Waals surface area contributed by atoms with Crippen molar-refractivity contribution in [2.45, 2.75) is 19.6 Å². The van der Waals surface area contributed by atoms with E-state index in [4.69, 9.17) is 4.74 Å². The molecule has 1 amide bonds. The number of nitrogens with zero attached hydrogens (tertiary/aromatic N) is 1. The van der Waals surface area contributed by atoms with Gasteiger partial charge in [-0.1, -0.05) is 24.3 Å². The second-order valence-corrected chi connectivity index (χ2v) is 8.04. The lowest BCUT2D eigenvalue weighted by Gasteiger charge is -2.23. The van der Waals surface area contributed by atoms with Crippen molar-refractivity contribution in [1.29, 1.82) is 0 Å². The smallest absolute Gasteiger partial charge is 0.416 e. The highest BCUT2D eigenvalue weighted by Gasteiger charge is 2.32. The van der Waals surface area contributed by atoms with Gasteiger partial charge in [-0.2, -0.15) is 13.2 Å². The van der Waals surface area contributed by atoms with Crippen LogP contribution in [-0.2, 0) is 27.5 Å². The number of halogens is 3. The molecule has 6 nitrogen and oxygen atoms in total. The molecule has 0 atom stereocenters. The second kappa shape index (κ2) is 9.17. The first-order valence-electron chi connectivity index (χ1n) is 8.64. The second-order valence-electron chi connectivity index (χ2n) is 6.14. The summed E-state index contributed by atoms with van der Waals surface area (Å²) in [7, 11) is -3.99. The SMILES string of the molecule is CCOc1ccccc1CNC(=O)CN(c1cccc(C(F)(F)F)c1)S(C)(=O)=O. The first-order chi connectivity index (χ1) is 13.5. The molecule has 2 rings (SSSR count). The molecule has 0 saturated heterocycles. The maximum absolute atomic E-state index is 12.9. The molecular formula is C19H21F3N2O4S. The Bertz CT molecular complexity index is 962. The Labute approximate surface area is 167 Å². The summed E-state index contributed by atoms with van der Waals surface area (Å²) in [4.78, 5) is 12.3. The zero-order chi connectivity index (χ0) is 21.7. The van der Waals surface area contributed by atoms with E-state index in [-0.39, 0.29) is 12.2 Å². The van der Waals surface area contributed by atoms with Gasteiger partial charge in [0.05, 0.1) is 24.1 Å². The summed E-state index contributed by atoms with van der Waals surface area (Å²) in [6, 6.07) is 10.8. The number of amides is 1. The monoisotopic (exact) mass is 430 g/mol. The van der Waals surface area contributed by atoms with Crippen LogP contribution in [0.5, 0.6) is 5.75 Å². The first-order valence-corrected chi connectivity index (χ1v) is 10.5. The number of benzene rings is 2. The third-order valence-electron chi connectivity index (χ3n) is 3.90. The van der Waals surface area contributed by atoms with Crippen molar-refractivity contribution in [1.82, 2.24) is 5.32 Å². The van der Waals surface area contributed by atoms with Gasteiger partial charge in [-0.05, 0) is 31.2 Å². The van der Waals surface area contributed by atoms with E-state index in [1.807, 2.05) is 6.92 Å². The molecule has 29 heavy (non-hydrogen) atoms. The van der Waals surface area contributed by atoms with Crippen LogP contribution in [0.25, 0.3) is 0 Å². The summed E-state index contributed by atoms with van der Waals surface area (Å²) in [6.45, 7) is 1.67. The van der Waals surface area contributed by atoms with Crippen molar-refractivity contribution in [3.05, 3.63) is 59.7 Å². The summed E-state index contributed by atoms with van der Waals surface area (Å²) >= 11 is 0. The van der Waals surface area contributed by atoms with E-state index >= 15 is 0 Å². The average molecular weight is 430 g/mol. The van der Waals surface area contributed by atoms with Crippen molar-refractivity contribution in [2.75, 3.05) is 23.7 Å². The van der Waals surface area contributed by atoms with Crippen LogP contribution in [-0.4, -0.2) is 33.7 Å². The van der Waals surface area contributed by atoms with Gasteiger partial charge >= 0.3 is 6.18 Å². The van der Waals surface area contributed by atoms with Crippen LogP contribution in [0.1, 0.15) is 18.1 Å². The van der Waals surface area contributed by atoms with Gasteiger partial charge in [0.1, 0.15) is 12.3 Å². The van der Waals surface area contributed by atoms with E-state index in [1.165, 1.54) is 6.07 Å². The molecule has 0 saturated carbocycles. The molecule has 0 aliphatic rings. The molecule has 0 aliphatic heterocycles. The number of ether oxygens (including phenoxy) is 1. The minimum atomic E-state index is -4.63. The predicted octanol–water partition coefficient (Wildman–Crippen LogP) is 3.19. The van der Waals surface area contributed by atoms with Crippen LogP contribution in [0.4, 0.5) is 18.9 Å². The van der Waals surface area contributed by atoms with Crippen molar-refractivity contribution in [2.24, 2.45) is 0 Å². The van der Waals surface area contributed by atoms with E-state index in [0.29, 0.717) is 28.3 Å². The Morgan fingerprint density at radius 2 is 1.83 bits per heavy atom. The lowest BCUT2D eigenvalue weighted by atomic mass is 10.2. The number of hydrogen-bond acceptors (Lipinski definition) is 4. The molecule has 158 valence electrons. The largest absolute Gasteiger partial charge is 0.494 e. The zero-order valence-corrected chi connectivity index (χ0v) is 16.7. The van der Waals surface area contributed by atoms with E-state index < -0.39 is 34.2 Å². The molecular weight excluding hydrogens is 409 g/mol. The van der Waals surface area contributed by atoms with E-state index in [1.54, 1.807) is 24.3 Å². The number of nitrogens with one attached hydrogen (secondary N) is 1. The van der Waals surface area contributed by atoms with Crippen molar-refractivity contribution >= 4 is 21.6 Å². The molecule has 0 bridgehead atoms. The molecule has 2 aromatic rings. The molecule has 1 N–H and O–H groups in total. The molecule has 0 spiro atoms. The molecule has 10 heteroatoms. The molecule has 0 fully saturated rings. The lowest BCUT2D eigenvalue weighted by molar-refractivity contribution is -0.137. The maximum Gasteiger partial charge on any atom is 0.416 e. The average Bonchev–Trinajstić information content (AvgIpc) is 2.64. The van der Waals surface area contributed by atoms with Crippen LogP contribution in [0.15, 0.2) is 48.5 Å². The lowest BCUT2D eigenvalue weighted by Crippen LogP contribution is -2.40. The molecule has 2 aromatic carbocycles. The molecule has 0 heterocycles. The van der Waals surface area contributed by atoms with Gasteiger partial charge < -0.3 is 10.1 Å². The van der Waals surface area contributed by atoms with Crippen molar-refractivity contribution in [3.8, 4) is 5.75 Å². The number of carbonyl (C=O) groups excluding carboxylic acids is 1. The normalized spacial score (nSPS) is 11.8. The van der Waals surface area contributed by atoms with Crippen LogP contribution in [0.2, 0.25) is 0 Å². The summed E-state index contributed by atoms with van der Waals surface area (Å²) in [5.41, 5.74) is -0.561. The zero-order valence-electron chi connectivity index (χ0n) is 15.9. The van der Waals surface area contributed by atoms with E-state index in [0.717, 1.165) is 18.4 Å².